The van der Waals surface area contributed by atoms with Crippen LogP contribution in [0, 0.1) is 23.5 Å². The third-order valence-electron chi connectivity index (χ3n) is 3.67. The van der Waals surface area contributed by atoms with Crippen molar-refractivity contribution in [2.45, 2.75) is 26.2 Å². The van der Waals surface area contributed by atoms with E-state index in [2.05, 4.69) is 37.9 Å². The predicted molar refractivity (Wildman–Crippen MR) is 97.1 cm³/mol. The van der Waals surface area contributed by atoms with Gasteiger partial charge in [0.2, 0.25) is 0 Å². The monoisotopic (exact) mass is 357 g/mol. The van der Waals surface area contributed by atoms with Gasteiger partial charge < -0.3 is 10.1 Å². The fourth-order valence-electron chi connectivity index (χ4n) is 2.17. The fourth-order valence-corrected chi connectivity index (χ4v) is 2.17. The second kappa shape index (κ2) is 8.48. The summed E-state index contributed by atoms with van der Waals surface area (Å²) in [6.07, 6.45) is 0. The molecule has 2 aromatic carbocycles. The predicted octanol–water partition coefficient (Wildman–Crippen LogP) is 4.07. The lowest BCUT2D eigenvalue weighted by Gasteiger charge is -2.18. The number of hydrogen-bond acceptors (Lipinski definition) is 2. The molecule has 0 fully saturated rings. The van der Waals surface area contributed by atoms with Crippen LogP contribution in [0.15, 0.2) is 42.5 Å². The van der Waals surface area contributed by atoms with Crippen molar-refractivity contribution in [3.05, 3.63) is 65.2 Å². The first-order valence-corrected chi connectivity index (χ1v) is 8.19. The maximum Gasteiger partial charge on any atom is 0.252 e. The zero-order valence-electron chi connectivity index (χ0n) is 15.0. The zero-order valence-corrected chi connectivity index (χ0v) is 15.0. The molecule has 0 radical (unpaired) electrons. The maximum atomic E-state index is 13.4. The molecule has 0 aliphatic carbocycles. The molecular weight excluding hydrogens is 336 g/mol. The molecule has 136 valence electrons. The Bertz CT molecular complexity index is 828. The molecule has 0 bridgehead atoms. The van der Waals surface area contributed by atoms with E-state index in [0.717, 1.165) is 17.7 Å². The highest BCUT2D eigenvalue weighted by Crippen LogP contribution is 2.22. The number of halogens is 2. The lowest BCUT2D eigenvalue weighted by molar-refractivity contribution is 0.0958. The van der Waals surface area contributed by atoms with Crippen LogP contribution >= 0.6 is 0 Å². The first-order chi connectivity index (χ1) is 12.3. The quantitative estimate of drug-likeness (QED) is 0.838. The average Bonchev–Trinajstić information content (AvgIpc) is 2.58. The van der Waals surface area contributed by atoms with Crippen molar-refractivity contribution in [2.24, 2.45) is 0 Å². The smallest absolute Gasteiger partial charge is 0.252 e. The summed E-state index contributed by atoms with van der Waals surface area (Å²) < 4.78 is 31.2. The van der Waals surface area contributed by atoms with Crippen LogP contribution in [0.5, 0.6) is 5.75 Å². The standard InChI is InChI=1S/C21H21F2NO2/c1-21(2,3)16-8-6-15(7-9-16)20(25)24-12-4-5-13-26-19-11-10-17(22)14-18(19)23/h6-11,14H,12-13H2,1-3H3,(H,24,25). The highest BCUT2D eigenvalue weighted by atomic mass is 19.1. The minimum absolute atomic E-state index is 0.0322. The highest BCUT2D eigenvalue weighted by molar-refractivity contribution is 5.94. The summed E-state index contributed by atoms with van der Waals surface area (Å²) in [5.74, 6) is 3.65. The van der Waals surface area contributed by atoms with Crippen molar-refractivity contribution in [1.82, 2.24) is 5.32 Å². The van der Waals surface area contributed by atoms with Crippen LogP contribution in [0.25, 0.3) is 0 Å². The van der Waals surface area contributed by atoms with Gasteiger partial charge in [-0.05, 0) is 35.2 Å². The van der Waals surface area contributed by atoms with Gasteiger partial charge in [0, 0.05) is 11.6 Å². The van der Waals surface area contributed by atoms with Crippen molar-refractivity contribution in [3.8, 4) is 17.6 Å². The molecule has 0 aromatic heterocycles. The molecule has 0 aliphatic rings. The van der Waals surface area contributed by atoms with Gasteiger partial charge in [0.25, 0.3) is 5.91 Å². The van der Waals surface area contributed by atoms with E-state index in [9.17, 15) is 13.6 Å². The van der Waals surface area contributed by atoms with Crippen molar-refractivity contribution < 1.29 is 18.3 Å². The van der Waals surface area contributed by atoms with E-state index in [1.165, 1.54) is 6.07 Å². The van der Waals surface area contributed by atoms with Gasteiger partial charge in [-0.3, -0.25) is 4.79 Å². The van der Waals surface area contributed by atoms with E-state index in [0.29, 0.717) is 5.56 Å². The van der Waals surface area contributed by atoms with Crippen molar-refractivity contribution in [3.63, 3.8) is 0 Å². The number of rotatable bonds is 4. The number of hydrogen-bond donors (Lipinski definition) is 1. The summed E-state index contributed by atoms with van der Waals surface area (Å²) in [7, 11) is 0. The van der Waals surface area contributed by atoms with Gasteiger partial charge >= 0.3 is 0 Å². The Balaban J connectivity index is 1.79. The first-order valence-electron chi connectivity index (χ1n) is 8.19. The van der Waals surface area contributed by atoms with Crippen LogP contribution in [-0.4, -0.2) is 19.1 Å². The molecule has 26 heavy (non-hydrogen) atoms. The summed E-state index contributed by atoms with van der Waals surface area (Å²) in [5, 5.41) is 2.68. The number of carbonyl (C=O) groups is 1. The summed E-state index contributed by atoms with van der Waals surface area (Å²) in [6, 6.07) is 10.5. The Labute approximate surface area is 152 Å². The summed E-state index contributed by atoms with van der Waals surface area (Å²) in [4.78, 5) is 12.0. The van der Waals surface area contributed by atoms with Gasteiger partial charge in [0.1, 0.15) is 12.4 Å². The maximum absolute atomic E-state index is 13.4. The molecule has 0 saturated carbocycles. The molecule has 2 aromatic rings. The number of ether oxygens (including phenoxy) is 1. The van der Waals surface area contributed by atoms with Gasteiger partial charge in [0.05, 0.1) is 6.54 Å². The van der Waals surface area contributed by atoms with Gasteiger partial charge in [-0.2, -0.15) is 0 Å². The van der Waals surface area contributed by atoms with Crippen LogP contribution in [-0.2, 0) is 5.41 Å². The van der Waals surface area contributed by atoms with Crippen molar-refractivity contribution in [2.75, 3.05) is 13.2 Å². The van der Waals surface area contributed by atoms with E-state index < -0.39 is 11.6 Å². The lowest BCUT2D eigenvalue weighted by Crippen LogP contribution is -2.23. The van der Waals surface area contributed by atoms with E-state index >= 15 is 0 Å². The summed E-state index contributed by atoms with van der Waals surface area (Å²) in [5.41, 5.74) is 1.74. The first kappa shape index (κ1) is 19.5. The Kier molecular flexibility index (Phi) is 6.35. The second-order valence-corrected chi connectivity index (χ2v) is 6.73. The second-order valence-electron chi connectivity index (χ2n) is 6.73. The number of amides is 1. The minimum atomic E-state index is -0.779. The average molecular weight is 357 g/mol. The van der Waals surface area contributed by atoms with Crippen LogP contribution < -0.4 is 10.1 Å². The largest absolute Gasteiger partial charge is 0.478 e. The van der Waals surface area contributed by atoms with Gasteiger partial charge in [-0.1, -0.05) is 44.7 Å². The topological polar surface area (TPSA) is 38.3 Å². The minimum Gasteiger partial charge on any atom is -0.478 e. The Hall–Kier alpha value is -2.87. The van der Waals surface area contributed by atoms with Gasteiger partial charge in [-0.15, -0.1) is 0 Å². The van der Waals surface area contributed by atoms with Crippen molar-refractivity contribution >= 4 is 5.91 Å². The van der Waals surface area contributed by atoms with Gasteiger partial charge in [0.15, 0.2) is 11.6 Å². The van der Waals surface area contributed by atoms with Crippen LogP contribution in [0.4, 0.5) is 8.78 Å². The molecular formula is C21H21F2NO2. The normalized spacial score (nSPS) is 10.7. The molecule has 0 spiro atoms. The molecule has 5 heteroatoms. The summed E-state index contributed by atoms with van der Waals surface area (Å²) in [6.45, 7) is 6.42. The van der Waals surface area contributed by atoms with Crippen molar-refractivity contribution in [1.29, 1.82) is 0 Å². The Morgan fingerprint density at radius 3 is 2.38 bits per heavy atom. The zero-order chi connectivity index (χ0) is 19.2. The van der Waals surface area contributed by atoms with Crippen LogP contribution in [0.2, 0.25) is 0 Å². The Morgan fingerprint density at radius 1 is 1.08 bits per heavy atom. The van der Waals surface area contributed by atoms with Crippen LogP contribution in [0.1, 0.15) is 36.7 Å². The van der Waals surface area contributed by atoms with Crippen LogP contribution in [0.3, 0.4) is 0 Å². The molecule has 0 saturated heterocycles. The van der Waals surface area contributed by atoms with E-state index in [1.54, 1.807) is 12.1 Å². The molecule has 1 amide bonds. The van der Waals surface area contributed by atoms with E-state index in [4.69, 9.17) is 4.74 Å². The molecule has 2 rings (SSSR count). The molecule has 1 N–H and O–H groups in total. The molecule has 0 heterocycles. The number of carbonyl (C=O) groups excluding carboxylic acids is 1. The number of nitrogens with one attached hydrogen (secondary N) is 1. The molecule has 0 unspecified atom stereocenters. The Morgan fingerprint density at radius 2 is 1.77 bits per heavy atom. The van der Waals surface area contributed by atoms with E-state index in [-0.39, 0.29) is 30.2 Å². The summed E-state index contributed by atoms with van der Waals surface area (Å²) >= 11 is 0. The number of benzene rings is 2. The SMILES string of the molecule is CC(C)(C)c1ccc(C(=O)NCC#CCOc2ccc(F)cc2F)cc1. The van der Waals surface area contributed by atoms with E-state index in [1.807, 2.05) is 12.1 Å². The molecule has 0 aliphatic heterocycles. The molecule has 3 nitrogen and oxygen atoms in total. The fraction of sp³-hybridized carbons (Fsp3) is 0.286. The third-order valence-corrected chi connectivity index (χ3v) is 3.67. The lowest BCUT2D eigenvalue weighted by atomic mass is 9.87. The highest BCUT2D eigenvalue weighted by Gasteiger charge is 2.14. The molecule has 0 atom stereocenters. The third kappa shape index (κ3) is 5.59. The van der Waals surface area contributed by atoms with Gasteiger partial charge in [-0.25, -0.2) is 8.78 Å².